The number of anilines is 1. The fourth-order valence-electron chi connectivity index (χ4n) is 3.94. The van der Waals surface area contributed by atoms with Crippen molar-refractivity contribution >= 4 is 29.3 Å². The van der Waals surface area contributed by atoms with Crippen molar-refractivity contribution in [1.82, 2.24) is 4.90 Å². The monoisotopic (exact) mass is 398 g/mol. The number of amides is 2. The van der Waals surface area contributed by atoms with E-state index in [0.717, 1.165) is 12.0 Å². The van der Waals surface area contributed by atoms with Crippen molar-refractivity contribution in [3.8, 4) is 11.5 Å². The van der Waals surface area contributed by atoms with Crippen molar-refractivity contribution in [1.29, 1.82) is 0 Å². The standard InChI is InChI=1S/C21H22N2O4S/c1-26-16-10-15(11-17(12-16)27-2)22-20(25)18-13-28-21(9-8-19(24)23(18)21)14-6-4-3-5-7-14/h3-7,10-12,18H,8-9,13H2,1-2H3,(H,22,25)/t18-,21+/m0/s1. The molecular formula is C21H22N2O4S. The Morgan fingerprint density at radius 2 is 1.82 bits per heavy atom. The molecule has 1 N–H and O–H groups in total. The van der Waals surface area contributed by atoms with Gasteiger partial charge in [-0.1, -0.05) is 30.3 Å². The molecule has 2 atom stereocenters. The number of carbonyl (C=O) groups is 2. The summed E-state index contributed by atoms with van der Waals surface area (Å²) in [4.78, 5) is 27.1. The van der Waals surface area contributed by atoms with Crippen molar-refractivity contribution in [3.05, 3.63) is 54.1 Å². The lowest BCUT2D eigenvalue weighted by molar-refractivity contribution is -0.136. The van der Waals surface area contributed by atoms with Crippen LogP contribution in [0.2, 0.25) is 0 Å². The molecule has 2 aromatic carbocycles. The molecule has 2 aromatic rings. The van der Waals surface area contributed by atoms with E-state index < -0.39 is 10.9 Å². The minimum absolute atomic E-state index is 0.0252. The molecule has 0 spiro atoms. The number of rotatable bonds is 5. The van der Waals surface area contributed by atoms with Crippen molar-refractivity contribution in [2.45, 2.75) is 23.8 Å². The molecule has 0 saturated carbocycles. The summed E-state index contributed by atoms with van der Waals surface area (Å²) < 4.78 is 10.5. The maximum Gasteiger partial charge on any atom is 0.248 e. The molecule has 0 unspecified atom stereocenters. The molecular weight excluding hydrogens is 376 g/mol. The maximum absolute atomic E-state index is 13.1. The first-order valence-corrected chi connectivity index (χ1v) is 10.1. The number of benzene rings is 2. The van der Waals surface area contributed by atoms with Crippen molar-refractivity contribution in [2.75, 3.05) is 25.3 Å². The fourth-order valence-corrected chi connectivity index (χ4v) is 5.59. The average Bonchev–Trinajstić information content (AvgIpc) is 3.27. The number of methoxy groups -OCH3 is 2. The van der Waals surface area contributed by atoms with Gasteiger partial charge in [-0.25, -0.2) is 0 Å². The molecule has 0 aromatic heterocycles. The molecule has 2 amide bonds. The van der Waals surface area contributed by atoms with Crippen LogP contribution < -0.4 is 14.8 Å². The zero-order valence-corrected chi connectivity index (χ0v) is 16.6. The SMILES string of the molecule is COc1cc(NC(=O)[C@@H]2CS[C@@]3(c4ccccc4)CCC(=O)N23)cc(OC)c1. The van der Waals surface area contributed by atoms with Gasteiger partial charge in [-0.15, -0.1) is 11.8 Å². The molecule has 0 bridgehead atoms. The molecule has 2 heterocycles. The molecule has 7 heteroatoms. The highest BCUT2D eigenvalue weighted by Crippen LogP contribution is 2.54. The van der Waals surface area contributed by atoms with Gasteiger partial charge in [0, 0.05) is 36.1 Å². The zero-order valence-electron chi connectivity index (χ0n) is 15.8. The quantitative estimate of drug-likeness (QED) is 0.838. The van der Waals surface area contributed by atoms with Crippen molar-refractivity contribution < 1.29 is 19.1 Å². The third kappa shape index (κ3) is 3.09. The summed E-state index contributed by atoms with van der Waals surface area (Å²) in [5.74, 6) is 1.57. The van der Waals surface area contributed by atoms with E-state index in [4.69, 9.17) is 9.47 Å². The summed E-state index contributed by atoms with van der Waals surface area (Å²) in [7, 11) is 3.12. The highest BCUT2D eigenvalue weighted by Gasteiger charge is 2.56. The van der Waals surface area contributed by atoms with Crippen LogP contribution in [0.15, 0.2) is 48.5 Å². The number of carbonyl (C=O) groups excluding carboxylic acids is 2. The molecule has 2 aliphatic rings. The van der Waals surface area contributed by atoms with Gasteiger partial charge in [-0.05, 0) is 12.0 Å². The number of nitrogens with zero attached hydrogens (tertiary/aromatic N) is 1. The maximum atomic E-state index is 13.1. The first kappa shape index (κ1) is 18.7. The van der Waals surface area contributed by atoms with Crippen LogP contribution in [0.25, 0.3) is 0 Å². The average molecular weight is 398 g/mol. The van der Waals surface area contributed by atoms with Gasteiger partial charge in [-0.2, -0.15) is 0 Å². The number of fused-ring (bicyclic) bond motifs is 1. The van der Waals surface area contributed by atoms with E-state index in [2.05, 4.69) is 5.32 Å². The lowest BCUT2D eigenvalue weighted by Crippen LogP contribution is -2.48. The summed E-state index contributed by atoms with van der Waals surface area (Å²) in [6.07, 6.45) is 1.18. The Morgan fingerprint density at radius 3 is 2.46 bits per heavy atom. The number of hydrogen-bond donors (Lipinski definition) is 1. The number of nitrogens with one attached hydrogen (secondary N) is 1. The van der Waals surface area contributed by atoms with Gasteiger partial charge in [0.25, 0.3) is 0 Å². The normalized spacial score (nSPS) is 23.4. The van der Waals surface area contributed by atoms with Gasteiger partial charge < -0.3 is 19.7 Å². The van der Waals surface area contributed by atoms with E-state index in [-0.39, 0.29) is 11.8 Å². The third-order valence-corrected chi connectivity index (χ3v) is 6.87. The first-order chi connectivity index (χ1) is 13.6. The smallest absolute Gasteiger partial charge is 0.248 e. The Hall–Kier alpha value is -2.67. The summed E-state index contributed by atoms with van der Waals surface area (Å²) in [6.45, 7) is 0. The van der Waals surface area contributed by atoms with Gasteiger partial charge in [-0.3, -0.25) is 9.59 Å². The molecule has 2 aliphatic heterocycles. The highest BCUT2D eigenvalue weighted by atomic mass is 32.2. The number of hydrogen-bond acceptors (Lipinski definition) is 5. The second-order valence-corrected chi connectivity index (χ2v) is 8.13. The van der Waals surface area contributed by atoms with Gasteiger partial charge in [0.05, 0.1) is 14.2 Å². The van der Waals surface area contributed by atoms with E-state index in [9.17, 15) is 9.59 Å². The Kier molecular flexibility index (Phi) is 4.93. The van der Waals surface area contributed by atoms with Crippen molar-refractivity contribution in [3.63, 3.8) is 0 Å². The van der Waals surface area contributed by atoms with E-state index >= 15 is 0 Å². The van der Waals surface area contributed by atoms with Crippen LogP contribution in [0.1, 0.15) is 18.4 Å². The Balaban J connectivity index is 1.60. The van der Waals surface area contributed by atoms with Crippen LogP contribution in [0.5, 0.6) is 11.5 Å². The van der Waals surface area contributed by atoms with Crippen LogP contribution >= 0.6 is 11.8 Å². The van der Waals surface area contributed by atoms with Crippen LogP contribution in [-0.2, 0) is 14.5 Å². The number of thioether (sulfide) groups is 1. The second kappa shape index (κ2) is 7.39. The summed E-state index contributed by atoms with van der Waals surface area (Å²) in [5.41, 5.74) is 1.65. The van der Waals surface area contributed by atoms with E-state index in [1.165, 1.54) is 0 Å². The topological polar surface area (TPSA) is 67.9 Å². The molecule has 0 radical (unpaired) electrons. The van der Waals surface area contributed by atoms with Crippen LogP contribution in [0.4, 0.5) is 5.69 Å². The molecule has 2 saturated heterocycles. The van der Waals surface area contributed by atoms with Crippen LogP contribution in [0.3, 0.4) is 0 Å². The Bertz CT molecular complexity index is 882. The molecule has 4 rings (SSSR count). The summed E-state index contributed by atoms with van der Waals surface area (Å²) in [6, 6.07) is 14.7. The van der Waals surface area contributed by atoms with Crippen molar-refractivity contribution in [2.24, 2.45) is 0 Å². The summed E-state index contributed by atoms with van der Waals surface area (Å²) >= 11 is 1.67. The van der Waals surface area contributed by atoms with Gasteiger partial charge >= 0.3 is 0 Å². The van der Waals surface area contributed by atoms with Gasteiger partial charge in [0.1, 0.15) is 22.4 Å². The van der Waals surface area contributed by atoms with Gasteiger partial charge in [0.15, 0.2) is 0 Å². The second-order valence-electron chi connectivity index (χ2n) is 6.83. The predicted octanol–water partition coefficient (Wildman–Crippen LogP) is 3.23. The molecule has 146 valence electrons. The van der Waals surface area contributed by atoms with Crippen LogP contribution in [0, 0.1) is 0 Å². The van der Waals surface area contributed by atoms with E-state index in [1.54, 1.807) is 49.1 Å². The molecule has 2 fully saturated rings. The lowest BCUT2D eigenvalue weighted by atomic mass is 10.0. The fraction of sp³-hybridized carbons (Fsp3) is 0.333. The third-order valence-electron chi connectivity index (χ3n) is 5.27. The highest BCUT2D eigenvalue weighted by molar-refractivity contribution is 8.00. The predicted molar refractivity (Wildman–Crippen MR) is 109 cm³/mol. The lowest BCUT2D eigenvalue weighted by Gasteiger charge is -2.34. The van der Waals surface area contributed by atoms with E-state index in [1.807, 2.05) is 30.3 Å². The molecule has 28 heavy (non-hydrogen) atoms. The summed E-state index contributed by atoms with van der Waals surface area (Å²) in [5, 5.41) is 2.93. The first-order valence-electron chi connectivity index (χ1n) is 9.13. The zero-order chi connectivity index (χ0) is 19.7. The minimum Gasteiger partial charge on any atom is -0.497 e. The molecule has 6 nitrogen and oxygen atoms in total. The Morgan fingerprint density at radius 1 is 1.14 bits per heavy atom. The van der Waals surface area contributed by atoms with Crippen LogP contribution in [-0.4, -0.2) is 42.7 Å². The van der Waals surface area contributed by atoms with E-state index in [0.29, 0.717) is 29.4 Å². The molecule has 0 aliphatic carbocycles. The number of ether oxygens (including phenoxy) is 2. The Labute approximate surface area is 168 Å². The largest absolute Gasteiger partial charge is 0.497 e. The van der Waals surface area contributed by atoms with Gasteiger partial charge in [0.2, 0.25) is 11.8 Å². The minimum atomic E-state index is -0.516.